The zero-order valence-corrected chi connectivity index (χ0v) is 13.3. The van der Waals surface area contributed by atoms with E-state index < -0.39 is 0 Å². The lowest BCUT2D eigenvalue weighted by Crippen LogP contribution is -1.98. The molecule has 0 radical (unpaired) electrons. The summed E-state index contributed by atoms with van der Waals surface area (Å²) in [5.74, 6) is 0.526. The van der Waals surface area contributed by atoms with E-state index in [0.29, 0.717) is 5.92 Å². The fourth-order valence-corrected chi connectivity index (χ4v) is 2.76. The Labute approximate surface area is 129 Å². The lowest BCUT2D eigenvalue weighted by molar-refractivity contribution is 0.628. The van der Waals surface area contributed by atoms with Gasteiger partial charge in [0.25, 0.3) is 0 Å². The highest BCUT2D eigenvalue weighted by Crippen LogP contribution is 2.27. The molecule has 1 unspecified atom stereocenters. The lowest BCUT2D eigenvalue weighted by Gasteiger charge is -2.16. The van der Waals surface area contributed by atoms with Crippen molar-refractivity contribution in [3.8, 4) is 0 Å². The Morgan fingerprint density at radius 2 is 1.62 bits per heavy atom. The van der Waals surface area contributed by atoms with Gasteiger partial charge in [-0.15, -0.1) is 0 Å². The van der Waals surface area contributed by atoms with Crippen molar-refractivity contribution in [1.82, 2.24) is 0 Å². The van der Waals surface area contributed by atoms with Crippen LogP contribution in [-0.2, 0) is 0 Å². The Kier molecular flexibility index (Phi) is 6.27. The monoisotopic (exact) mass is 278 g/mol. The van der Waals surface area contributed by atoms with Gasteiger partial charge >= 0.3 is 0 Å². The Hall–Kier alpha value is -1.82. The molecule has 0 saturated carbocycles. The average Bonchev–Trinajstić information content (AvgIpc) is 2.53. The van der Waals surface area contributed by atoms with Gasteiger partial charge in [-0.05, 0) is 30.0 Å². The van der Waals surface area contributed by atoms with Crippen LogP contribution in [-0.4, -0.2) is 0 Å². The second-order valence-electron chi connectivity index (χ2n) is 5.73. The van der Waals surface area contributed by atoms with Crippen molar-refractivity contribution in [2.24, 2.45) is 0 Å². The molecule has 0 spiro atoms. The molecule has 0 aliphatic heterocycles. The summed E-state index contributed by atoms with van der Waals surface area (Å²) in [5, 5.41) is 0. The minimum absolute atomic E-state index is 0.526. The van der Waals surface area contributed by atoms with Gasteiger partial charge in [0.15, 0.2) is 0 Å². The molecule has 1 atom stereocenters. The summed E-state index contributed by atoms with van der Waals surface area (Å²) in [6.07, 6.45) is 9.79. The predicted molar refractivity (Wildman–Crippen MR) is 93.5 cm³/mol. The van der Waals surface area contributed by atoms with E-state index in [0.717, 1.165) is 0 Å². The number of rotatable bonds is 7. The van der Waals surface area contributed by atoms with Crippen LogP contribution in [0, 0.1) is 6.92 Å². The standard InChI is InChI=1S/C21H26/c1-3-4-6-14-20(21-15-10-9-11-18(21)2)17-16-19-12-7-5-8-13-19/h5,7-13,15-17,20H,3-4,6,14H2,1-2H3/b17-16+. The molecule has 0 aliphatic carbocycles. The van der Waals surface area contributed by atoms with Crippen LogP contribution in [0.4, 0.5) is 0 Å². The first-order valence-corrected chi connectivity index (χ1v) is 8.10. The highest BCUT2D eigenvalue weighted by atomic mass is 14.1. The summed E-state index contributed by atoms with van der Waals surface area (Å²) < 4.78 is 0. The largest absolute Gasteiger partial charge is 0.0764 e. The van der Waals surface area contributed by atoms with Crippen molar-refractivity contribution < 1.29 is 0 Å². The molecule has 0 heterocycles. The van der Waals surface area contributed by atoms with E-state index in [1.165, 1.54) is 42.4 Å². The van der Waals surface area contributed by atoms with Crippen LogP contribution < -0.4 is 0 Å². The molecule has 2 aromatic rings. The lowest BCUT2D eigenvalue weighted by atomic mass is 9.89. The van der Waals surface area contributed by atoms with E-state index in [-0.39, 0.29) is 0 Å². The van der Waals surface area contributed by atoms with E-state index in [1.807, 2.05) is 0 Å². The second-order valence-corrected chi connectivity index (χ2v) is 5.73. The first-order valence-electron chi connectivity index (χ1n) is 8.10. The minimum Gasteiger partial charge on any atom is -0.0764 e. The molecule has 2 aromatic carbocycles. The van der Waals surface area contributed by atoms with Gasteiger partial charge < -0.3 is 0 Å². The Morgan fingerprint density at radius 3 is 2.33 bits per heavy atom. The highest BCUT2D eigenvalue weighted by molar-refractivity contribution is 5.51. The first-order chi connectivity index (χ1) is 10.3. The minimum atomic E-state index is 0.526. The zero-order chi connectivity index (χ0) is 14.9. The third-order valence-electron chi connectivity index (χ3n) is 4.03. The third-order valence-corrected chi connectivity index (χ3v) is 4.03. The highest BCUT2D eigenvalue weighted by Gasteiger charge is 2.09. The van der Waals surface area contributed by atoms with Gasteiger partial charge in [0.05, 0.1) is 0 Å². The van der Waals surface area contributed by atoms with E-state index in [9.17, 15) is 0 Å². The molecule has 0 aromatic heterocycles. The van der Waals surface area contributed by atoms with Gasteiger partial charge in [0, 0.05) is 5.92 Å². The fraction of sp³-hybridized carbons (Fsp3) is 0.333. The van der Waals surface area contributed by atoms with E-state index in [4.69, 9.17) is 0 Å². The maximum atomic E-state index is 2.38. The van der Waals surface area contributed by atoms with Gasteiger partial charge in [0.1, 0.15) is 0 Å². The Morgan fingerprint density at radius 1 is 0.905 bits per heavy atom. The molecule has 0 saturated heterocycles. The number of hydrogen-bond donors (Lipinski definition) is 0. The summed E-state index contributed by atoms with van der Waals surface area (Å²) in [5.41, 5.74) is 4.16. The summed E-state index contributed by atoms with van der Waals surface area (Å²) in [4.78, 5) is 0. The molecule has 0 fully saturated rings. The Bertz CT molecular complexity index is 551. The maximum absolute atomic E-state index is 2.38. The van der Waals surface area contributed by atoms with Crippen LogP contribution in [0.2, 0.25) is 0 Å². The SMILES string of the molecule is CCCCCC(/C=C/c1ccccc1)c1ccccc1C. The molecular weight excluding hydrogens is 252 g/mol. The number of aryl methyl sites for hydroxylation is 1. The summed E-state index contributed by atoms with van der Waals surface area (Å²) >= 11 is 0. The number of allylic oxidation sites excluding steroid dienone is 1. The molecule has 0 nitrogen and oxygen atoms in total. The van der Waals surface area contributed by atoms with Gasteiger partial charge in [-0.2, -0.15) is 0 Å². The van der Waals surface area contributed by atoms with Crippen LogP contribution in [0.1, 0.15) is 55.2 Å². The van der Waals surface area contributed by atoms with E-state index in [1.54, 1.807) is 0 Å². The van der Waals surface area contributed by atoms with E-state index in [2.05, 4.69) is 80.6 Å². The maximum Gasteiger partial charge on any atom is 0.00239 e. The van der Waals surface area contributed by atoms with Crippen molar-refractivity contribution in [2.45, 2.75) is 45.4 Å². The Balaban J connectivity index is 2.16. The predicted octanol–water partition coefficient (Wildman–Crippen LogP) is 6.37. The van der Waals surface area contributed by atoms with Crippen LogP contribution in [0.3, 0.4) is 0 Å². The molecule has 21 heavy (non-hydrogen) atoms. The van der Waals surface area contributed by atoms with Crippen molar-refractivity contribution in [1.29, 1.82) is 0 Å². The smallest absolute Gasteiger partial charge is 0.00239 e. The van der Waals surface area contributed by atoms with Crippen LogP contribution in [0.15, 0.2) is 60.7 Å². The third kappa shape index (κ3) is 4.90. The molecule has 0 bridgehead atoms. The fourth-order valence-electron chi connectivity index (χ4n) is 2.76. The molecule has 0 amide bonds. The molecule has 110 valence electrons. The quantitative estimate of drug-likeness (QED) is 0.516. The van der Waals surface area contributed by atoms with Crippen LogP contribution >= 0.6 is 0 Å². The van der Waals surface area contributed by atoms with Crippen molar-refractivity contribution in [3.63, 3.8) is 0 Å². The number of unbranched alkanes of at least 4 members (excludes halogenated alkanes) is 2. The molecular formula is C21H26. The first kappa shape index (κ1) is 15.6. The molecule has 0 heteroatoms. The van der Waals surface area contributed by atoms with Crippen molar-refractivity contribution in [2.75, 3.05) is 0 Å². The normalized spacial score (nSPS) is 12.7. The second kappa shape index (κ2) is 8.46. The van der Waals surface area contributed by atoms with Crippen LogP contribution in [0.5, 0.6) is 0 Å². The summed E-state index contributed by atoms with van der Waals surface area (Å²) in [6, 6.07) is 19.4. The molecule has 2 rings (SSSR count). The molecule has 0 aliphatic rings. The number of hydrogen-bond acceptors (Lipinski definition) is 0. The zero-order valence-electron chi connectivity index (χ0n) is 13.3. The summed E-state index contributed by atoms with van der Waals surface area (Å²) in [7, 11) is 0. The van der Waals surface area contributed by atoms with Gasteiger partial charge in [-0.3, -0.25) is 0 Å². The van der Waals surface area contributed by atoms with Gasteiger partial charge in [0.2, 0.25) is 0 Å². The van der Waals surface area contributed by atoms with Crippen LogP contribution in [0.25, 0.3) is 6.08 Å². The summed E-state index contributed by atoms with van der Waals surface area (Å²) in [6.45, 7) is 4.49. The average molecular weight is 278 g/mol. The van der Waals surface area contributed by atoms with Crippen molar-refractivity contribution in [3.05, 3.63) is 77.4 Å². The molecule has 0 N–H and O–H groups in total. The number of benzene rings is 2. The van der Waals surface area contributed by atoms with E-state index >= 15 is 0 Å². The van der Waals surface area contributed by atoms with Crippen molar-refractivity contribution >= 4 is 6.08 Å². The van der Waals surface area contributed by atoms with Gasteiger partial charge in [-0.25, -0.2) is 0 Å². The van der Waals surface area contributed by atoms with Gasteiger partial charge in [-0.1, -0.05) is 92.9 Å². The topological polar surface area (TPSA) is 0 Å².